The Morgan fingerprint density at radius 2 is 1.60 bits per heavy atom. The lowest BCUT2D eigenvalue weighted by molar-refractivity contribution is -0.0495. The molecule has 0 saturated carbocycles. The highest BCUT2D eigenvalue weighted by Gasteiger charge is 2.17. The van der Waals surface area contributed by atoms with Crippen LogP contribution >= 0.6 is 0 Å². The van der Waals surface area contributed by atoms with Gasteiger partial charge in [0.05, 0.1) is 58.0 Å². The van der Waals surface area contributed by atoms with Gasteiger partial charge in [-0.3, -0.25) is 0 Å². The fourth-order valence-electron chi connectivity index (χ4n) is 1.83. The Balaban J connectivity index is 3.88. The van der Waals surface area contributed by atoms with E-state index in [2.05, 4.69) is 0 Å². The number of ether oxygens (including phenoxy) is 3. The van der Waals surface area contributed by atoms with E-state index in [0.717, 1.165) is 0 Å². The predicted molar refractivity (Wildman–Crippen MR) is 75.7 cm³/mol. The van der Waals surface area contributed by atoms with Crippen LogP contribution in [0.1, 0.15) is 33.1 Å². The van der Waals surface area contributed by atoms with Crippen molar-refractivity contribution in [1.29, 1.82) is 0 Å². The average Bonchev–Trinajstić information content (AvgIpc) is 2.44. The van der Waals surface area contributed by atoms with E-state index < -0.39 is 6.10 Å². The first kappa shape index (κ1) is 19.8. The van der Waals surface area contributed by atoms with E-state index in [1.165, 1.54) is 0 Å². The molecule has 3 unspecified atom stereocenters. The number of hydrogen-bond donors (Lipinski definition) is 3. The third-order valence-electron chi connectivity index (χ3n) is 2.91. The van der Waals surface area contributed by atoms with Gasteiger partial charge in [0.2, 0.25) is 0 Å². The standard InChI is InChI=1S/C14H30O6/c1-3-13(17)11-14(20-7-5-16)10-12(2)19-9-8-18-6-4-15/h12-17H,3-11H2,1-2H3. The molecule has 20 heavy (non-hydrogen) atoms. The monoisotopic (exact) mass is 294 g/mol. The van der Waals surface area contributed by atoms with Crippen LogP contribution in [-0.2, 0) is 14.2 Å². The van der Waals surface area contributed by atoms with Crippen LogP contribution in [0.5, 0.6) is 0 Å². The lowest BCUT2D eigenvalue weighted by Gasteiger charge is -2.23. The summed E-state index contributed by atoms with van der Waals surface area (Å²) >= 11 is 0. The van der Waals surface area contributed by atoms with Crippen LogP contribution in [0.3, 0.4) is 0 Å². The van der Waals surface area contributed by atoms with E-state index >= 15 is 0 Å². The van der Waals surface area contributed by atoms with Crippen molar-refractivity contribution < 1.29 is 29.5 Å². The Kier molecular flexibility index (Phi) is 13.6. The van der Waals surface area contributed by atoms with Crippen molar-refractivity contribution in [3.8, 4) is 0 Å². The van der Waals surface area contributed by atoms with Gasteiger partial charge in [-0.1, -0.05) is 6.92 Å². The van der Waals surface area contributed by atoms with E-state index in [-0.39, 0.29) is 32.0 Å². The first-order chi connectivity index (χ1) is 9.63. The molecule has 0 spiro atoms. The van der Waals surface area contributed by atoms with Crippen LogP contribution in [0, 0.1) is 0 Å². The summed E-state index contributed by atoms with van der Waals surface area (Å²) in [6.45, 7) is 5.36. The molecule has 0 aliphatic rings. The maximum atomic E-state index is 9.69. The Hall–Kier alpha value is -0.240. The first-order valence-electron chi connectivity index (χ1n) is 7.34. The lowest BCUT2D eigenvalue weighted by Crippen LogP contribution is -2.27. The second kappa shape index (κ2) is 13.7. The van der Waals surface area contributed by atoms with Gasteiger partial charge >= 0.3 is 0 Å². The van der Waals surface area contributed by atoms with E-state index in [9.17, 15) is 5.11 Å². The second-order valence-electron chi connectivity index (χ2n) is 4.77. The molecule has 0 aliphatic carbocycles. The summed E-state index contributed by atoms with van der Waals surface area (Å²) in [5, 5.41) is 27.1. The predicted octanol–water partition coefficient (Wildman–Crippen LogP) is 0.329. The third kappa shape index (κ3) is 11.6. The van der Waals surface area contributed by atoms with Crippen molar-refractivity contribution in [2.45, 2.75) is 51.4 Å². The zero-order chi connectivity index (χ0) is 15.2. The Labute approximate surface area is 121 Å². The molecular weight excluding hydrogens is 264 g/mol. The fourth-order valence-corrected chi connectivity index (χ4v) is 1.83. The quantitative estimate of drug-likeness (QED) is 0.400. The minimum atomic E-state index is -0.390. The summed E-state index contributed by atoms with van der Waals surface area (Å²) < 4.78 is 16.2. The van der Waals surface area contributed by atoms with Crippen LogP contribution < -0.4 is 0 Å². The van der Waals surface area contributed by atoms with Gasteiger partial charge in [-0.2, -0.15) is 0 Å². The van der Waals surface area contributed by atoms with Crippen molar-refractivity contribution in [3.63, 3.8) is 0 Å². The van der Waals surface area contributed by atoms with E-state index in [4.69, 9.17) is 24.4 Å². The molecule has 3 N–H and O–H groups in total. The van der Waals surface area contributed by atoms with Crippen LogP contribution in [0.4, 0.5) is 0 Å². The van der Waals surface area contributed by atoms with Crippen LogP contribution in [0.2, 0.25) is 0 Å². The summed E-state index contributed by atoms with van der Waals surface area (Å²) in [7, 11) is 0. The highest BCUT2D eigenvalue weighted by Crippen LogP contribution is 2.13. The van der Waals surface area contributed by atoms with E-state index in [0.29, 0.717) is 39.1 Å². The largest absolute Gasteiger partial charge is 0.394 e. The Bertz CT molecular complexity index is 202. The zero-order valence-electron chi connectivity index (χ0n) is 12.7. The molecule has 0 aliphatic heterocycles. The SMILES string of the molecule is CCC(O)CC(CC(C)OCCOCCO)OCCO. The Morgan fingerprint density at radius 3 is 2.20 bits per heavy atom. The second-order valence-corrected chi connectivity index (χ2v) is 4.77. The summed E-state index contributed by atoms with van der Waals surface area (Å²) in [5.41, 5.74) is 0. The van der Waals surface area contributed by atoms with Crippen LogP contribution in [0.15, 0.2) is 0 Å². The van der Waals surface area contributed by atoms with Gasteiger partial charge < -0.3 is 29.5 Å². The molecule has 0 rings (SSSR count). The lowest BCUT2D eigenvalue weighted by atomic mass is 10.0. The van der Waals surface area contributed by atoms with Crippen LogP contribution in [-0.4, -0.2) is 73.3 Å². The molecule has 0 aromatic heterocycles. The molecule has 3 atom stereocenters. The van der Waals surface area contributed by atoms with Gasteiger partial charge in [-0.25, -0.2) is 0 Å². The van der Waals surface area contributed by atoms with Gasteiger partial charge in [-0.15, -0.1) is 0 Å². The van der Waals surface area contributed by atoms with Crippen molar-refractivity contribution >= 4 is 0 Å². The van der Waals surface area contributed by atoms with Crippen molar-refractivity contribution in [1.82, 2.24) is 0 Å². The average molecular weight is 294 g/mol. The molecule has 0 aromatic rings. The molecule has 0 radical (unpaired) electrons. The number of rotatable bonds is 14. The first-order valence-corrected chi connectivity index (χ1v) is 7.34. The molecule has 122 valence electrons. The minimum absolute atomic E-state index is 0.0134. The van der Waals surface area contributed by atoms with E-state index in [1.807, 2.05) is 13.8 Å². The molecule has 6 heteroatoms. The molecule has 6 nitrogen and oxygen atoms in total. The molecule has 0 saturated heterocycles. The topological polar surface area (TPSA) is 88.4 Å². The van der Waals surface area contributed by atoms with Gasteiger partial charge in [-0.05, 0) is 26.2 Å². The van der Waals surface area contributed by atoms with Gasteiger partial charge in [0.25, 0.3) is 0 Å². The molecule has 0 fully saturated rings. The summed E-state index contributed by atoms with van der Waals surface area (Å²) in [4.78, 5) is 0. The van der Waals surface area contributed by atoms with Crippen LogP contribution in [0.25, 0.3) is 0 Å². The van der Waals surface area contributed by atoms with Crippen molar-refractivity contribution in [3.05, 3.63) is 0 Å². The minimum Gasteiger partial charge on any atom is -0.394 e. The summed E-state index contributed by atoms with van der Waals surface area (Å²) in [5.74, 6) is 0. The molecule has 0 heterocycles. The van der Waals surface area contributed by atoms with Crippen molar-refractivity contribution in [2.75, 3.05) is 39.6 Å². The fraction of sp³-hybridized carbons (Fsp3) is 1.00. The summed E-state index contributed by atoms with van der Waals surface area (Å²) in [6.07, 6.45) is 1.37. The third-order valence-corrected chi connectivity index (χ3v) is 2.91. The molecule has 0 bridgehead atoms. The molecular formula is C14H30O6. The highest BCUT2D eigenvalue weighted by molar-refractivity contribution is 4.68. The van der Waals surface area contributed by atoms with Gasteiger partial charge in [0.15, 0.2) is 0 Å². The Morgan fingerprint density at radius 1 is 0.900 bits per heavy atom. The normalized spacial score (nSPS) is 16.1. The number of hydrogen-bond acceptors (Lipinski definition) is 6. The van der Waals surface area contributed by atoms with E-state index in [1.54, 1.807) is 0 Å². The maximum Gasteiger partial charge on any atom is 0.0704 e. The van der Waals surface area contributed by atoms with Gasteiger partial charge in [0.1, 0.15) is 0 Å². The molecule has 0 aromatic carbocycles. The summed E-state index contributed by atoms with van der Waals surface area (Å²) in [6, 6.07) is 0. The highest BCUT2D eigenvalue weighted by atomic mass is 16.5. The van der Waals surface area contributed by atoms with Crippen molar-refractivity contribution in [2.24, 2.45) is 0 Å². The zero-order valence-corrected chi connectivity index (χ0v) is 12.7. The maximum absolute atomic E-state index is 9.69. The number of aliphatic hydroxyl groups is 3. The molecule has 0 amide bonds. The van der Waals surface area contributed by atoms with Gasteiger partial charge in [0, 0.05) is 0 Å². The number of aliphatic hydroxyl groups excluding tert-OH is 3. The smallest absolute Gasteiger partial charge is 0.0704 e.